The lowest BCUT2D eigenvalue weighted by atomic mass is 9.77. The van der Waals surface area contributed by atoms with Crippen LogP contribution < -0.4 is 0 Å². The van der Waals surface area contributed by atoms with Gasteiger partial charge in [0.2, 0.25) is 0 Å². The lowest BCUT2D eigenvalue weighted by molar-refractivity contribution is -0.129. The number of hydrogen-bond acceptors (Lipinski definition) is 4. The molecular weight excluding hydrogens is 172 g/mol. The van der Waals surface area contributed by atoms with E-state index in [4.69, 9.17) is 9.84 Å². The SMILES string of the molecule is CC(C)(C)C1[C@@H](O)[C@@H](CO)O[C@@H]1O. The average molecular weight is 190 g/mol. The van der Waals surface area contributed by atoms with Gasteiger partial charge < -0.3 is 20.1 Å². The van der Waals surface area contributed by atoms with Crippen molar-refractivity contribution in [2.24, 2.45) is 11.3 Å². The number of rotatable bonds is 1. The summed E-state index contributed by atoms with van der Waals surface area (Å²) in [5, 5.41) is 28.1. The molecule has 0 bridgehead atoms. The summed E-state index contributed by atoms with van der Waals surface area (Å²) in [5.41, 5.74) is -0.233. The van der Waals surface area contributed by atoms with Crippen LogP contribution in [0.25, 0.3) is 0 Å². The van der Waals surface area contributed by atoms with E-state index < -0.39 is 18.5 Å². The van der Waals surface area contributed by atoms with Crippen LogP contribution in [0.4, 0.5) is 0 Å². The van der Waals surface area contributed by atoms with E-state index in [1.165, 1.54) is 0 Å². The molecule has 0 saturated carbocycles. The Kier molecular flexibility index (Phi) is 2.97. The van der Waals surface area contributed by atoms with Crippen molar-refractivity contribution < 1.29 is 20.1 Å². The first kappa shape index (κ1) is 10.9. The maximum Gasteiger partial charge on any atom is 0.161 e. The van der Waals surface area contributed by atoms with Gasteiger partial charge in [0.1, 0.15) is 6.10 Å². The van der Waals surface area contributed by atoms with E-state index >= 15 is 0 Å². The van der Waals surface area contributed by atoms with Gasteiger partial charge in [-0.15, -0.1) is 0 Å². The standard InChI is InChI=1S/C9H18O4/c1-9(2,3)6-7(11)5(4-10)13-8(6)12/h5-8,10-12H,4H2,1-3H3/t5-,6?,7+,8+/m1/s1. The summed E-state index contributed by atoms with van der Waals surface area (Å²) in [4.78, 5) is 0. The fraction of sp³-hybridized carbons (Fsp3) is 1.00. The molecule has 4 atom stereocenters. The first-order chi connectivity index (χ1) is 5.88. The maximum atomic E-state index is 9.71. The van der Waals surface area contributed by atoms with Crippen molar-refractivity contribution in [2.75, 3.05) is 6.61 Å². The highest BCUT2D eigenvalue weighted by Crippen LogP contribution is 2.38. The van der Waals surface area contributed by atoms with E-state index in [0.29, 0.717) is 0 Å². The van der Waals surface area contributed by atoms with Crippen LogP contribution in [-0.2, 0) is 4.74 Å². The summed E-state index contributed by atoms with van der Waals surface area (Å²) in [6, 6.07) is 0. The van der Waals surface area contributed by atoms with Gasteiger partial charge in [0, 0.05) is 5.92 Å². The summed E-state index contributed by atoms with van der Waals surface area (Å²) in [6.45, 7) is 5.51. The fourth-order valence-corrected chi connectivity index (χ4v) is 1.84. The molecule has 78 valence electrons. The summed E-state index contributed by atoms with van der Waals surface area (Å²) < 4.78 is 5.02. The van der Waals surface area contributed by atoms with Gasteiger partial charge in [0.25, 0.3) is 0 Å². The van der Waals surface area contributed by atoms with Gasteiger partial charge >= 0.3 is 0 Å². The quantitative estimate of drug-likeness (QED) is 0.532. The molecule has 1 heterocycles. The van der Waals surface area contributed by atoms with Gasteiger partial charge in [-0.3, -0.25) is 0 Å². The predicted octanol–water partition coefficient (Wildman–Crippen LogP) is -0.281. The molecule has 1 aliphatic rings. The largest absolute Gasteiger partial charge is 0.394 e. The van der Waals surface area contributed by atoms with E-state index in [9.17, 15) is 10.2 Å². The van der Waals surface area contributed by atoms with Crippen LogP contribution in [-0.4, -0.2) is 40.4 Å². The number of aliphatic hydroxyl groups excluding tert-OH is 3. The summed E-state index contributed by atoms with van der Waals surface area (Å²) >= 11 is 0. The third-order valence-corrected chi connectivity index (χ3v) is 2.55. The minimum absolute atomic E-state index is 0.233. The molecule has 1 saturated heterocycles. The van der Waals surface area contributed by atoms with E-state index in [0.717, 1.165) is 0 Å². The molecule has 0 aromatic rings. The second kappa shape index (κ2) is 3.53. The maximum absolute atomic E-state index is 9.71. The molecule has 0 radical (unpaired) electrons. The molecule has 0 aliphatic carbocycles. The van der Waals surface area contributed by atoms with Crippen molar-refractivity contribution in [3.05, 3.63) is 0 Å². The summed E-state index contributed by atoms with van der Waals surface area (Å²) in [7, 11) is 0. The number of ether oxygens (including phenoxy) is 1. The van der Waals surface area contributed by atoms with Gasteiger partial charge in [-0.05, 0) is 5.41 Å². The van der Waals surface area contributed by atoms with Gasteiger partial charge in [0.05, 0.1) is 12.7 Å². The van der Waals surface area contributed by atoms with Crippen LogP contribution in [0.2, 0.25) is 0 Å². The number of aliphatic hydroxyl groups is 3. The Morgan fingerprint density at radius 3 is 2.00 bits per heavy atom. The topological polar surface area (TPSA) is 69.9 Å². The second-order valence-corrected chi connectivity index (χ2v) is 4.63. The number of hydrogen-bond donors (Lipinski definition) is 3. The molecule has 1 unspecified atom stereocenters. The Labute approximate surface area is 78.1 Å². The summed E-state index contributed by atoms with van der Waals surface area (Å²) in [5.74, 6) is -0.343. The Morgan fingerprint density at radius 2 is 1.77 bits per heavy atom. The van der Waals surface area contributed by atoms with Gasteiger partial charge in [-0.2, -0.15) is 0 Å². The molecule has 0 amide bonds. The van der Waals surface area contributed by atoms with Crippen LogP contribution >= 0.6 is 0 Å². The lowest BCUT2D eigenvalue weighted by Crippen LogP contribution is -2.38. The lowest BCUT2D eigenvalue weighted by Gasteiger charge is -2.30. The average Bonchev–Trinajstić information content (AvgIpc) is 2.24. The molecule has 1 rings (SSSR count). The van der Waals surface area contributed by atoms with Crippen molar-refractivity contribution in [3.8, 4) is 0 Å². The van der Waals surface area contributed by atoms with Gasteiger partial charge in [-0.25, -0.2) is 0 Å². The minimum atomic E-state index is -0.979. The van der Waals surface area contributed by atoms with E-state index in [1.807, 2.05) is 20.8 Å². The third kappa shape index (κ3) is 2.02. The highest BCUT2D eigenvalue weighted by atomic mass is 16.6. The van der Waals surface area contributed by atoms with Crippen LogP contribution in [0, 0.1) is 11.3 Å². The zero-order chi connectivity index (χ0) is 10.2. The fourth-order valence-electron chi connectivity index (χ4n) is 1.84. The Morgan fingerprint density at radius 1 is 1.23 bits per heavy atom. The van der Waals surface area contributed by atoms with Gasteiger partial charge in [0.15, 0.2) is 6.29 Å². The van der Waals surface area contributed by atoms with Crippen molar-refractivity contribution in [2.45, 2.75) is 39.3 Å². The smallest absolute Gasteiger partial charge is 0.161 e. The molecule has 0 aromatic heterocycles. The van der Waals surface area contributed by atoms with Crippen molar-refractivity contribution in [1.82, 2.24) is 0 Å². The van der Waals surface area contributed by atoms with Crippen LogP contribution in [0.3, 0.4) is 0 Å². The van der Waals surface area contributed by atoms with E-state index in [2.05, 4.69) is 0 Å². The molecule has 1 aliphatic heterocycles. The molecule has 0 aromatic carbocycles. The zero-order valence-electron chi connectivity index (χ0n) is 8.27. The van der Waals surface area contributed by atoms with Crippen molar-refractivity contribution in [3.63, 3.8) is 0 Å². The second-order valence-electron chi connectivity index (χ2n) is 4.63. The third-order valence-electron chi connectivity index (χ3n) is 2.55. The van der Waals surface area contributed by atoms with E-state index in [-0.39, 0.29) is 17.9 Å². The highest BCUT2D eigenvalue weighted by Gasteiger charge is 2.48. The molecular formula is C9H18O4. The van der Waals surface area contributed by atoms with Crippen molar-refractivity contribution >= 4 is 0 Å². The molecule has 1 fully saturated rings. The predicted molar refractivity (Wildman–Crippen MR) is 46.9 cm³/mol. The van der Waals surface area contributed by atoms with Crippen LogP contribution in [0.1, 0.15) is 20.8 Å². The minimum Gasteiger partial charge on any atom is -0.394 e. The first-order valence-electron chi connectivity index (χ1n) is 4.50. The Balaban J connectivity index is 2.76. The molecule has 0 spiro atoms. The first-order valence-corrected chi connectivity index (χ1v) is 4.50. The Bertz CT molecular complexity index is 175. The Hall–Kier alpha value is -0.160. The summed E-state index contributed by atoms with van der Waals surface area (Å²) in [6.07, 6.45) is -2.42. The van der Waals surface area contributed by atoms with Crippen molar-refractivity contribution in [1.29, 1.82) is 0 Å². The monoisotopic (exact) mass is 190 g/mol. The normalized spacial score (nSPS) is 41.1. The van der Waals surface area contributed by atoms with E-state index in [1.54, 1.807) is 0 Å². The molecule has 4 nitrogen and oxygen atoms in total. The van der Waals surface area contributed by atoms with Crippen LogP contribution in [0.15, 0.2) is 0 Å². The van der Waals surface area contributed by atoms with Gasteiger partial charge in [-0.1, -0.05) is 20.8 Å². The molecule has 4 heteroatoms. The highest BCUT2D eigenvalue weighted by molar-refractivity contribution is 4.91. The molecule has 13 heavy (non-hydrogen) atoms. The van der Waals surface area contributed by atoms with Crippen LogP contribution in [0.5, 0.6) is 0 Å². The zero-order valence-corrected chi connectivity index (χ0v) is 8.27. The molecule has 3 N–H and O–H groups in total.